The quantitative estimate of drug-likeness (QED) is 0.696. The van der Waals surface area contributed by atoms with Gasteiger partial charge in [0.25, 0.3) is 0 Å². The van der Waals surface area contributed by atoms with Crippen molar-refractivity contribution in [3.8, 4) is 0 Å². The molecule has 6 nitrogen and oxygen atoms in total. The van der Waals surface area contributed by atoms with E-state index in [0.29, 0.717) is 11.8 Å². The van der Waals surface area contributed by atoms with E-state index in [-0.39, 0.29) is 6.04 Å². The predicted octanol–water partition coefficient (Wildman–Crippen LogP) is 4.10. The standard InChI is InChI=1S/C19H24N4O2/c1-3-7-17-21-18(25-22-17)13(2)23-11-6-8-14(12-23)19-20-15-9-4-5-10-16(15)24-19/h4-5,9-10,13-14H,3,6-8,11-12H2,1-2H3/t13-,14-/m1/s1. The monoisotopic (exact) mass is 340 g/mol. The van der Waals surface area contributed by atoms with E-state index in [0.717, 1.165) is 61.6 Å². The highest BCUT2D eigenvalue weighted by Gasteiger charge is 2.30. The molecule has 0 amide bonds. The normalized spacial score (nSPS) is 20.2. The van der Waals surface area contributed by atoms with Gasteiger partial charge in [-0.2, -0.15) is 4.98 Å². The Hall–Kier alpha value is -2.21. The molecule has 2 aromatic heterocycles. The van der Waals surface area contributed by atoms with Crippen LogP contribution in [-0.2, 0) is 6.42 Å². The molecule has 1 saturated heterocycles. The molecule has 1 aliphatic heterocycles. The number of hydrogen-bond acceptors (Lipinski definition) is 6. The van der Waals surface area contributed by atoms with Crippen LogP contribution < -0.4 is 0 Å². The molecule has 0 bridgehead atoms. The zero-order valence-electron chi connectivity index (χ0n) is 14.8. The number of hydrogen-bond donors (Lipinski definition) is 0. The van der Waals surface area contributed by atoms with Crippen molar-refractivity contribution in [1.29, 1.82) is 0 Å². The molecular formula is C19H24N4O2. The lowest BCUT2D eigenvalue weighted by Gasteiger charge is -2.34. The Kier molecular flexibility index (Phi) is 4.53. The van der Waals surface area contributed by atoms with Crippen molar-refractivity contribution in [2.24, 2.45) is 0 Å². The minimum absolute atomic E-state index is 0.116. The number of nitrogens with zero attached hydrogens (tertiary/aromatic N) is 4. The van der Waals surface area contributed by atoms with E-state index >= 15 is 0 Å². The zero-order valence-corrected chi connectivity index (χ0v) is 14.8. The van der Waals surface area contributed by atoms with E-state index < -0.39 is 0 Å². The second-order valence-electron chi connectivity index (χ2n) is 6.83. The summed E-state index contributed by atoms with van der Waals surface area (Å²) < 4.78 is 11.5. The number of fused-ring (bicyclic) bond motifs is 1. The van der Waals surface area contributed by atoms with Crippen molar-refractivity contribution in [3.05, 3.63) is 41.9 Å². The van der Waals surface area contributed by atoms with Crippen LogP contribution in [0.4, 0.5) is 0 Å². The van der Waals surface area contributed by atoms with Gasteiger partial charge in [-0.05, 0) is 44.9 Å². The molecule has 132 valence electrons. The summed E-state index contributed by atoms with van der Waals surface area (Å²) in [5.41, 5.74) is 1.80. The van der Waals surface area contributed by atoms with Crippen molar-refractivity contribution in [3.63, 3.8) is 0 Å². The van der Waals surface area contributed by atoms with Gasteiger partial charge in [-0.15, -0.1) is 0 Å². The molecule has 1 aromatic carbocycles. The van der Waals surface area contributed by atoms with Gasteiger partial charge in [-0.25, -0.2) is 4.98 Å². The molecule has 3 aromatic rings. The Labute approximate surface area is 147 Å². The first-order chi connectivity index (χ1) is 12.2. The SMILES string of the molecule is CCCc1noc([C@@H](C)N2CCC[C@@H](c3nc4ccccc4o3)C2)n1. The zero-order chi connectivity index (χ0) is 17.2. The van der Waals surface area contributed by atoms with Crippen LogP contribution in [0.1, 0.15) is 62.7 Å². The molecular weight excluding hydrogens is 316 g/mol. The van der Waals surface area contributed by atoms with Gasteiger partial charge < -0.3 is 8.94 Å². The summed E-state index contributed by atoms with van der Waals surface area (Å²) in [5.74, 6) is 2.66. The van der Waals surface area contributed by atoms with Gasteiger partial charge in [-0.3, -0.25) is 4.90 Å². The third kappa shape index (κ3) is 3.31. The molecule has 6 heteroatoms. The summed E-state index contributed by atoms with van der Waals surface area (Å²) in [6, 6.07) is 8.07. The molecule has 0 aliphatic carbocycles. The Morgan fingerprint density at radius 2 is 2.16 bits per heavy atom. The molecule has 0 spiro atoms. The second kappa shape index (κ2) is 6.96. The Balaban J connectivity index is 1.49. The number of piperidine rings is 1. The third-order valence-electron chi connectivity index (χ3n) is 4.97. The molecule has 2 atom stereocenters. The van der Waals surface area contributed by atoms with Gasteiger partial charge in [0.15, 0.2) is 17.3 Å². The van der Waals surface area contributed by atoms with Crippen LogP contribution in [-0.4, -0.2) is 33.1 Å². The Bertz CT molecular complexity index is 808. The number of aryl methyl sites for hydroxylation is 1. The average molecular weight is 340 g/mol. The molecule has 1 aliphatic rings. The summed E-state index contributed by atoms with van der Waals surface area (Å²) in [4.78, 5) is 11.6. The van der Waals surface area contributed by atoms with E-state index in [2.05, 4.69) is 33.9 Å². The van der Waals surface area contributed by atoms with Crippen molar-refractivity contribution >= 4 is 11.1 Å². The van der Waals surface area contributed by atoms with Gasteiger partial charge in [0.1, 0.15) is 5.52 Å². The lowest BCUT2D eigenvalue weighted by Crippen LogP contribution is -2.36. The summed E-state index contributed by atoms with van der Waals surface area (Å²) in [5, 5.41) is 4.08. The highest BCUT2D eigenvalue weighted by Crippen LogP contribution is 2.32. The van der Waals surface area contributed by atoms with Gasteiger partial charge in [0.05, 0.1) is 6.04 Å². The molecule has 3 heterocycles. The Morgan fingerprint density at radius 3 is 3.00 bits per heavy atom. The molecule has 1 fully saturated rings. The molecule has 4 rings (SSSR count). The summed E-state index contributed by atoms with van der Waals surface area (Å²) in [6.45, 7) is 6.19. The number of benzene rings is 1. The van der Waals surface area contributed by atoms with Crippen LogP contribution in [0, 0.1) is 0 Å². The lowest BCUT2D eigenvalue weighted by atomic mass is 9.97. The molecule has 0 saturated carbocycles. The van der Waals surface area contributed by atoms with Crippen LogP contribution >= 0.6 is 0 Å². The molecule has 0 radical (unpaired) electrons. The number of para-hydroxylation sites is 2. The third-order valence-corrected chi connectivity index (χ3v) is 4.97. The van der Waals surface area contributed by atoms with Crippen molar-refractivity contribution < 1.29 is 8.94 Å². The van der Waals surface area contributed by atoms with E-state index in [9.17, 15) is 0 Å². The number of aromatic nitrogens is 3. The fraction of sp³-hybridized carbons (Fsp3) is 0.526. The number of oxazole rings is 1. The highest BCUT2D eigenvalue weighted by atomic mass is 16.5. The lowest BCUT2D eigenvalue weighted by molar-refractivity contribution is 0.126. The summed E-state index contributed by atoms with van der Waals surface area (Å²) in [7, 11) is 0. The predicted molar refractivity (Wildman–Crippen MR) is 94.3 cm³/mol. The van der Waals surface area contributed by atoms with Gasteiger partial charge in [0, 0.05) is 18.9 Å². The average Bonchev–Trinajstić information content (AvgIpc) is 3.28. The first-order valence-electron chi connectivity index (χ1n) is 9.16. The van der Waals surface area contributed by atoms with Crippen LogP contribution in [0.2, 0.25) is 0 Å². The van der Waals surface area contributed by atoms with Crippen LogP contribution in [0.5, 0.6) is 0 Å². The van der Waals surface area contributed by atoms with Crippen LogP contribution in [0.3, 0.4) is 0 Å². The maximum Gasteiger partial charge on any atom is 0.243 e. The van der Waals surface area contributed by atoms with E-state index in [4.69, 9.17) is 8.94 Å². The minimum Gasteiger partial charge on any atom is -0.440 e. The highest BCUT2D eigenvalue weighted by molar-refractivity contribution is 5.72. The van der Waals surface area contributed by atoms with Gasteiger partial charge in [-0.1, -0.05) is 24.2 Å². The van der Waals surface area contributed by atoms with E-state index in [1.54, 1.807) is 0 Å². The number of rotatable bonds is 5. The molecule has 0 N–H and O–H groups in total. The van der Waals surface area contributed by atoms with E-state index in [1.165, 1.54) is 0 Å². The molecule has 0 unspecified atom stereocenters. The van der Waals surface area contributed by atoms with Gasteiger partial charge >= 0.3 is 0 Å². The van der Waals surface area contributed by atoms with Crippen LogP contribution in [0.15, 0.2) is 33.2 Å². The maximum atomic E-state index is 5.99. The maximum absolute atomic E-state index is 5.99. The Morgan fingerprint density at radius 1 is 1.28 bits per heavy atom. The largest absolute Gasteiger partial charge is 0.440 e. The second-order valence-corrected chi connectivity index (χ2v) is 6.83. The fourth-order valence-corrected chi connectivity index (χ4v) is 3.54. The van der Waals surface area contributed by atoms with Gasteiger partial charge in [0.2, 0.25) is 5.89 Å². The van der Waals surface area contributed by atoms with E-state index in [1.807, 2.05) is 24.3 Å². The van der Waals surface area contributed by atoms with Crippen LogP contribution in [0.25, 0.3) is 11.1 Å². The van der Waals surface area contributed by atoms with Crippen molar-refractivity contribution in [2.45, 2.75) is 51.5 Å². The summed E-state index contributed by atoms with van der Waals surface area (Å²) >= 11 is 0. The fourth-order valence-electron chi connectivity index (χ4n) is 3.54. The van der Waals surface area contributed by atoms with Crippen molar-refractivity contribution in [2.75, 3.05) is 13.1 Å². The molecule has 25 heavy (non-hydrogen) atoms. The topological polar surface area (TPSA) is 68.2 Å². The summed E-state index contributed by atoms with van der Waals surface area (Å²) in [6.07, 6.45) is 4.10. The minimum atomic E-state index is 0.116. The first kappa shape index (κ1) is 16.3. The van der Waals surface area contributed by atoms with Crippen molar-refractivity contribution in [1.82, 2.24) is 20.0 Å². The first-order valence-corrected chi connectivity index (χ1v) is 9.16. The smallest absolute Gasteiger partial charge is 0.243 e. The number of likely N-dealkylation sites (tertiary alicyclic amines) is 1.